The summed E-state index contributed by atoms with van der Waals surface area (Å²) in [7, 11) is -3.70. The van der Waals surface area contributed by atoms with Gasteiger partial charge in [-0.15, -0.1) is 0 Å². The molecule has 0 fully saturated rings. The summed E-state index contributed by atoms with van der Waals surface area (Å²) in [6.45, 7) is 7.28. The molecule has 2 N–H and O–H groups in total. The Morgan fingerprint density at radius 3 is 2.05 bits per heavy atom. The quantitative estimate of drug-likeness (QED) is 0.836. The highest BCUT2D eigenvalue weighted by atomic mass is 32.2. The van der Waals surface area contributed by atoms with Gasteiger partial charge in [0.25, 0.3) is 0 Å². The molecule has 20 heavy (non-hydrogen) atoms. The van der Waals surface area contributed by atoms with Crippen LogP contribution in [-0.2, 0) is 14.8 Å². The summed E-state index contributed by atoms with van der Waals surface area (Å²) < 4.78 is 27.0. The van der Waals surface area contributed by atoms with Crippen LogP contribution < -0.4 is 10.0 Å². The fraction of sp³-hybridized carbons (Fsp3) is 0.500. The Morgan fingerprint density at radius 2 is 1.60 bits per heavy atom. The minimum atomic E-state index is -3.70. The lowest BCUT2D eigenvalue weighted by atomic mass is 10.0. The number of sulfonamides is 1. The standard InChI is InChI=1S/C14H22N2O3S/c1-10(2)13(14(17)15-11(3)4)16-20(18,19)12-8-6-5-7-9-12/h5-11,13,16H,1-4H3,(H,15,17)/t13-/m1/s1. The summed E-state index contributed by atoms with van der Waals surface area (Å²) in [6, 6.07) is 7.21. The van der Waals surface area contributed by atoms with Crippen molar-refractivity contribution in [2.45, 2.75) is 44.7 Å². The Hall–Kier alpha value is -1.40. The van der Waals surface area contributed by atoms with Crippen LogP contribution in [0.4, 0.5) is 0 Å². The average Bonchev–Trinajstić information content (AvgIpc) is 2.36. The van der Waals surface area contributed by atoms with Crippen LogP contribution in [0, 0.1) is 5.92 Å². The van der Waals surface area contributed by atoms with Gasteiger partial charge in [0.15, 0.2) is 0 Å². The van der Waals surface area contributed by atoms with E-state index in [1.165, 1.54) is 12.1 Å². The zero-order valence-electron chi connectivity index (χ0n) is 12.3. The van der Waals surface area contributed by atoms with Gasteiger partial charge in [-0.05, 0) is 31.9 Å². The van der Waals surface area contributed by atoms with Gasteiger partial charge in [0.2, 0.25) is 15.9 Å². The number of hydrogen-bond donors (Lipinski definition) is 2. The van der Waals surface area contributed by atoms with Crippen LogP contribution in [0.1, 0.15) is 27.7 Å². The van der Waals surface area contributed by atoms with E-state index in [-0.39, 0.29) is 22.8 Å². The van der Waals surface area contributed by atoms with Gasteiger partial charge in [-0.25, -0.2) is 8.42 Å². The maximum Gasteiger partial charge on any atom is 0.241 e. The highest BCUT2D eigenvalue weighted by molar-refractivity contribution is 7.89. The molecule has 0 radical (unpaired) electrons. The number of rotatable bonds is 6. The smallest absolute Gasteiger partial charge is 0.241 e. The molecule has 0 heterocycles. The monoisotopic (exact) mass is 298 g/mol. The summed E-state index contributed by atoms with van der Waals surface area (Å²) in [5, 5.41) is 2.73. The predicted molar refractivity (Wildman–Crippen MR) is 78.7 cm³/mol. The van der Waals surface area contributed by atoms with Crippen molar-refractivity contribution in [1.29, 1.82) is 0 Å². The fourth-order valence-corrected chi connectivity index (χ4v) is 3.07. The Morgan fingerprint density at radius 1 is 1.05 bits per heavy atom. The summed E-state index contributed by atoms with van der Waals surface area (Å²) in [5.41, 5.74) is 0. The third kappa shape index (κ3) is 4.61. The maximum atomic E-state index is 12.2. The van der Waals surface area contributed by atoms with Crippen LogP contribution in [0.5, 0.6) is 0 Å². The first-order chi connectivity index (χ1) is 9.24. The third-order valence-electron chi connectivity index (χ3n) is 2.72. The molecule has 0 aliphatic carbocycles. The van der Waals surface area contributed by atoms with Crippen LogP contribution in [0.15, 0.2) is 35.2 Å². The second-order valence-electron chi connectivity index (χ2n) is 5.32. The van der Waals surface area contributed by atoms with E-state index in [4.69, 9.17) is 0 Å². The molecule has 0 bridgehead atoms. The van der Waals surface area contributed by atoms with Gasteiger partial charge < -0.3 is 5.32 Å². The van der Waals surface area contributed by atoms with Crippen LogP contribution in [0.2, 0.25) is 0 Å². The van der Waals surface area contributed by atoms with Crippen molar-refractivity contribution < 1.29 is 13.2 Å². The van der Waals surface area contributed by atoms with Crippen LogP contribution in [0.25, 0.3) is 0 Å². The normalized spacial score (nSPS) is 13.5. The van der Waals surface area contributed by atoms with E-state index in [1.54, 1.807) is 32.0 Å². The van der Waals surface area contributed by atoms with E-state index in [2.05, 4.69) is 10.0 Å². The molecule has 1 atom stereocenters. The lowest BCUT2D eigenvalue weighted by Gasteiger charge is -2.22. The highest BCUT2D eigenvalue weighted by Crippen LogP contribution is 2.11. The van der Waals surface area contributed by atoms with E-state index in [1.807, 2.05) is 13.8 Å². The molecule has 0 spiro atoms. The van der Waals surface area contributed by atoms with Crippen LogP contribution in [0.3, 0.4) is 0 Å². The number of carbonyl (C=O) groups excluding carboxylic acids is 1. The van der Waals surface area contributed by atoms with E-state index in [0.29, 0.717) is 0 Å². The predicted octanol–water partition coefficient (Wildman–Crippen LogP) is 1.51. The van der Waals surface area contributed by atoms with Crippen molar-refractivity contribution in [3.63, 3.8) is 0 Å². The second-order valence-corrected chi connectivity index (χ2v) is 7.03. The van der Waals surface area contributed by atoms with Gasteiger partial charge in [0.1, 0.15) is 6.04 Å². The zero-order valence-corrected chi connectivity index (χ0v) is 13.1. The summed E-state index contributed by atoms with van der Waals surface area (Å²) in [6.07, 6.45) is 0. The number of amides is 1. The molecule has 0 saturated carbocycles. The zero-order chi connectivity index (χ0) is 15.3. The summed E-state index contributed by atoms with van der Waals surface area (Å²) in [4.78, 5) is 12.2. The third-order valence-corrected chi connectivity index (χ3v) is 4.17. The Bertz CT molecular complexity index is 539. The first kappa shape index (κ1) is 16.7. The number of nitrogens with one attached hydrogen (secondary N) is 2. The number of benzene rings is 1. The van der Waals surface area contributed by atoms with Gasteiger partial charge >= 0.3 is 0 Å². The molecule has 0 saturated heterocycles. The van der Waals surface area contributed by atoms with Crippen molar-refractivity contribution in [2.75, 3.05) is 0 Å². The van der Waals surface area contributed by atoms with Crippen molar-refractivity contribution >= 4 is 15.9 Å². The largest absolute Gasteiger partial charge is 0.353 e. The van der Waals surface area contributed by atoms with Crippen LogP contribution >= 0.6 is 0 Å². The lowest BCUT2D eigenvalue weighted by Crippen LogP contribution is -2.51. The molecule has 1 aromatic rings. The molecule has 0 aliphatic heterocycles. The first-order valence-electron chi connectivity index (χ1n) is 6.62. The molecule has 1 amide bonds. The molecule has 112 valence electrons. The van der Waals surface area contributed by atoms with Gasteiger partial charge in [-0.2, -0.15) is 4.72 Å². The molecule has 5 nitrogen and oxygen atoms in total. The van der Waals surface area contributed by atoms with Gasteiger partial charge in [-0.3, -0.25) is 4.79 Å². The average molecular weight is 298 g/mol. The summed E-state index contributed by atoms with van der Waals surface area (Å²) >= 11 is 0. The molecule has 6 heteroatoms. The minimum absolute atomic E-state index is 0.0371. The SMILES string of the molecule is CC(C)NC(=O)[C@H](NS(=O)(=O)c1ccccc1)C(C)C. The maximum absolute atomic E-state index is 12.2. The molecular weight excluding hydrogens is 276 g/mol. The van der Waals surface area contributed by atoms with E-state index >= 15 is 0 Å². The topological polar surface area (TPSA) is 75.3 Å². The van der Waals surface area contributed by atoms with Gasteiger partial charge in [0, 0.05) is 6.04 Å². The molecular formula is C14H22N2O3S. The minimum Gasteiger partial charge on any atom is -0.353 e. The summed E-state index contributed by atoms with van der Waals surface area (Å²) in [5.74, 6) is -0.457. The van der Waals surface area contributed by atoms with E-state index in [0.717, 1.165) is 0 Å². The van der Waals surface area contributed by atoms with E-state index in [9.17, 15) is 13.2 Å². The fourth-order valence-electron chi connectivity index (χ4n) is 1.70. The number of hydrogen-bond acceptors (Lipinski definition) is 3. The molecule has 1 aromatic carbocycles. The highest BCUT2D eigenvalue weighted by Gasteiger charge is 2.28. The van der Waals surface area contributed by atoms with Crippen molar-refractivity contribution in [2.24, 2.45) is 5.92 Å². The molecule has 0 unspecified atom stereocenters. The van der Waals surface area contributed by atoms with Crippen LogP contribution in [-0.4, -0.2) is 26.4 Å². The molecule has 1 rings (SSSR count). The Balaban J connectivity index is 2.94. The first-order valence-corrected chi connectivity index (χ1v) is 8.10. The van der Waals surface area contributed by atoms with Crippen molar-refractivity contribution in [3.05, 3.63) is 30.3 Å². The Kier molecular flexibility index (Phi) is 5.71. The lowest BCUT2D eigenvalue weighted by molar-refractivity contribution is -0.124. The second kappa shape index (κ2) is 6.85. The van der Waals surface area contributed by atoms with Crippen molar-refractivity contribution in [3.8, 4) is 0 Å². The van der Waals surface area contributed by atoms with Gasteiger partial charge in [-0.1, -0.05) is 32.0 Å². The molecule has 0 aromatic heterocycles. The number of carbonyl (C=O) groups is 1. The Labute approximate surface area is 120 Å². The van der Waals surface area contributed by atoms with E-state index < -0.39 is 16.1 Å². The van der Waals surface area contributed by atoms with Crippen molar-refractivity contribution in [1.82, 2.24) is 10.0 Å². The van der Waals surface area contributed by atoms with Gasteiger partial charge in [0.05, 0.1) is 4.90 Å². The molecule has 0 aliphatic rings.